The minimum Gasteiger partial charge on any atom is -0.507 e. The second kappa shape index (κ2) is 7.79. The van der Waals surface area contributed by atoms with Crippen molar-refractivity contribution in [2.45, 2.75) is 39.2 Å². The summed E-state index contributed by atoms with van der Waals surface area (Å²) < 4.78 is 19.5. The highest BCUT2D eigenvalue weighted by Gasteiger charge is 2.48. The van der Waals surface area contributed by atoms with Crippen LogP contribution in [-0.2, 0) is 15.0 Å². The van der Waals surface area contributed by atoms with Crippen molar-refractivity contribution in [3.8, 4) is 0 Å². The van der Waals surface area contributed by atoms with E-state index in [1.807, 2.05) is 45.9 Å². The third-order valence-corrected chi connectivity index (χ3v) is 5.70. The minimum atomic E-state index is -1.02. The molecular weight excluding hydrogens is 409 g/mol. The molecule has 1 amide bonds. The second-order valence-corrected chi connectivity index (χ2v) is 8.94. The van der Waals surface area contributed by atoms with Gasteiger partial charge >= 0.3 is 0 Å². The van der Waals surface area contributed by atoms with Crippen LogP contribution in [0.3, 0.4) is 0 Å². The number of hydrogen-bond acceptors (Lipinski definition) is 4. The molecule has 1 aliphatic rings. The molecule has 0 bridgehead atoms. The highest BCUT2D eigenvalue weighted by atomic mass is 19.1. The zero-order valence-electron chi connectivity index (χ0n) is 18.3. The van der Waals surface area contributed by atoms with Crippen molar-refractivity contribution in [1.29, 1.82) is 0 Å². The third-order valence-electron chi connectivity index (χ3n) is 5.70. The number of carbonyl (C=O) groups excluding carboxylic acids is 2. The number of nitrogens with zero attached hydrogens (tertiary/aromatic N) is 1. The molecule has 1 unspecified atom stereocenters. The van der Waals surface area contributed by atoms with Crippen molar-refractivity contribution < 1.29 is 23.5 Å². The number of aryl methyl sites for hydroxylation is 1. The summed E-state index contributed by atoms with van der Waals surface area (Å²) in [7, 11) is 0. The van der Waals surface area contributed by atoms with Crippen LogP contribution >= 0.6 is 0 Å². The van der Waals surface area contributed by atoms with E-state index in [4.69, 9.17) is 4.42 Å². The van der Waals surface area contributed by atoms with Crippen LogP contribution in [0.15, 0.2) is 70.9 Å². The maximum Gasteiger partial charge on any atom is 0.300 e. The van der Waals surface area contributed by atoms with Crippen LogP contribution in [0.2, 0.25) is 0 Å². The van der Waals surface area contributed by atoms with Gasteiger partial charge in [0.1, 0.15) is 23.4 Å². The summed E-state index contributed by atoms with van der Waals surface area (Å²) in [5.41, 5.74) is 2.11. The van der Waals surface area contributed by atoms with E-state index in [1.54, 1.807) is 12.1 Å². The molecule has 32 heavy (non-hydrogen) atoms. The monoisotopic (exact) mass is 433 g/mol. The van der Waals surface area contributed by atoms with Crippen LogP contribution in [-0.4, -0.2) is 16.8 Å². The molecule has 1 aromatic heterocycles. The number of ketones is 1. The molecule has 0 saturated carbocycles. The first kappa shape index (κ1) is 21.6. The van der Waals surface area contributed by atoms with E-state index in [1.165, 1.54) is 35.4 Å². The van der Waals surface area contributed by atoms with Crippen LogP contribution in [0, 0.1) is 12.7 Å². The lowest BCUT2D eigenvalue weighted by atomic mass is 9.84. The van der Waals surface area contributed by atoms with E-state index in [-0.39, 0.29) is 22.4 Å². The van der Waals surface area contributed by atoms with Gasteiger partial charge in [0.15, 0.2) is 0 Å². The average molecular weight is 433 g/mol. The average Bonchev–Trinajstić information content (AvgIpc) is 3.34. The van der Waals surface area contributed by atoms with Crippen LogP contribution in [0.25, 0.3) is 5.76 Å². The molecule has 0 spiro atoms. The number of amides is 1. The summed E-state index contributed by atoms with van der Waals surface area (Å²) in [4.78, 5) is 27.4. The lowest BCUT2D eigenvalue weighted by molar-refractivity contribution is -0.132. The Morgan fingerprint density at radius 1 is 1.06 bits per heavy atom. The topological polar surface area (TPSA) is 70.8 Å². The molecule has 5 nitrogen and oxygen atoms in total. The maximum absolute atomic E-state index is 13.9. The number of rotatable bonds is 3. The summed E-state index contributed by atoms with van der Waals surface area (Å²) in [5, 5.41) is 11.3. The minimum absolute atomic E-state index is 0.0941. The molecule has 3 aromatic rings. The normalized spacial score (nSPS) is 18.4. The fourth-order valence-corrected chi connectivity index (χ4v) is 3.93. The summed E-state index contributed by atoms with van der Waals surface area (Å²) in [6.45, 7) is 7.97. The number of Topliss-reactive ketones (excluding diaryl/α,β-unsaturated/α-hetero) is 1. The molecule has 1 aliphatic heterocycles. The molecule has 4 rings (SSSR count). The Balaban J connectivity index is 1.96. The summed E-state index contributed by atoms with van der Waals surface area (Å²) >= 11 is 0. The molecule has 6 heteroatoms. The smallest absolute Gasteiger partial charge is 0.300 e. The number of carbonyl (C=O) groups is 2. The molecule has 1 atom stereocenters. The van der Waals surface area contributed by atoms with Gasteiger partial charge in [-0.15, -0.1) is 0 Å². The third kappa shape index (κ3) is 3.62. The van der Waals surface area contributed by atoms with Crippen molar-refractivity contribution in [3.63, 3.8) is 0 Å². The van der Waals surface area contributed by atoms with Gasteiger partial charge in [0.2, 0.25) is 0 Å². The quantitative estimate of drug-likeness (QED) is 0.329. The number of hydrogen-bond donors (Lipinski definition) is 1. The molecule has 0 aliphatic carbocycles. The zero-order chi connectivity index (χ0) is 23.2. The molecule has 1 saturated heterocycles. The van der Waals surface area contributed by atoms with Crippen molar-refractivity contribution >= 4 is 23.1 Å². The van der Waals surface area contributed by atoms with Gasteiger partial charge in [-0.3, -0.25) is 14.5 Å². The number of aliphatic hydroxyl groups is 1. The molecule has 164 valence electrons. The Hall–Kier alpha value is -3.67. The van der Waals surface area contributed by atoms with E-state index < -0.39 is 23.5 Å². The van der Waals surface area contributed by atoms with E-state index in [0.29, 0.717) is 11.3 Å². The van der Waals surface area contributed by atoms with E-state index in [0.717, 1.165) is 11.1 Å². The number of halogens is 1. The van der Waals surface area contributed by atoms with Gasteiger partial charge in [0.05, 0.1) is 11.8 Å². The van der Waals surface area contributed by atoms with E-state index in [9.17, 15) is 19.1 Å². The molecule has 1 N–H and O–H groups in total. The molecule has 2 aromatic carbocycles. The maximum atomic E-state index is 13.9. The van der Waals surface area contributed by atoms with Crippen molar-refractivity contribution in [3.05, 3.63) is 94.7 Å². The van der Waals surface area contributed by atoms with Crippen LogP contribution < -0.4 is 4.90 Å². The number of furan rings is 1. The number of benzene rings is 2. The molecule has 1 fully saturated rings. The highest BCUT2D eigenvalue weighted by Crippen LogP contribution is 2.43. The van der Waals surface area contributed by atoms with Gasteiger partial charge in [0.25, 0.3) is 11.7 Å². The molecule has 2 heterocycles. The number of aliphatic hydroxyl groups excluding tert-OH is 1. The van der Waals surface area contributed by atoms with Crippen LogP contribution in [0.4, 0.5) is 10.1 Å². The summed E-state index contributed by atoms with van der Waals surface area (Å²) in [5.74, 6) is -2.25. The largest absolute Gasteiger partial charge is 0.507 e. The van der Waals surface area contributed by atoms with Gasteiger partial charge in [-0.2, -0.15) is 0 Å². The molecular formula is C26H24FNO4. The lowest BCUT2D eigenvalue weighted by Crippen LogP contribution is -2.29. The predicted octanol–water partition coefficient (Wildman–Crippen LogP) is 5.65. The van der Waals surface area contributed by atoms with E-state index >= 15 is 0 Å². The Kier molecular flexibility index (Phi) is 5.25. The first-order valence-electron chi connectivity index (χ1n) is 10.3. The Bertz CT molecular complexity index is 1230. The van der Waals surface area contributed by atoms with Crippen molar-refractivity contribution in [1.82, 2.24) is 0 Å². The lowest BCUT2D eigenvalue weighted by Gasteiger charge is -2.24. The zero-order valence-corrected chi connectivity index (χ0v) is 18.3. The van der Waals surface area contributed by atoms with Crippen molar-refractivity contribution in [2.75, 3.05) is 4.90 Å². The standard InChI is InChI=1S/C26H24FNO4/c1-15-10-11-16(26(2,3)4)13-19(15)23(29)21-22(20-9-6-12-32-20)28(25(31)24(21)30)18-8-5-7-17(27)14-18/h5-14,22,29H,1-4H3/b23-21+. The Morgan fingerprint density at radius 2 is 1.81 bits per heavy atom. The highest BCUT2D eigenvalue weighted by molar-refractivity contribution is 6.51. The predicted molar refractivity (Wildman–Crippen MR) is 120 cm³/mol. The first-order chi connectivity index (χ1) is 15.1. The molecule has 0 radical (unpaired) electrons. The second-order valence-electron chi connectivity index (χ2n) is 8.94. The van der Waals surface area contributed by atoms with Crippen molar-refractivity contribution in [2.24, 2.45) is 0 Å². The Morgan fingerprint density at radius 3 is 2.44 bits per heavy atom. The van der Waals surface area contributed by atoms with Gasteiger partial charge in [-0.1, -0.05) is 39.0 Å². The SMILES string of the molecule is Cc1ccc(C(C)(C)C)cc1/C(O)=C1\C(=O)C(=O)N(c2cccc(F)c2)C1c1ccco1. The first-order valence-corrected chi connectivity index (χ1v) is 10.3. The van der Waals surface area contributed by atoms with Crippen LogP contribution in [0.1, 0.15) is 49.3 Å². The fraction of sp³-hybridized carbons (Fsp3) is 0.231. The Labute approximate surface area is 185 Å². The number of anilines is 1. The fourth-order valence-electron chi connectivity index (χ4n) is 3.93. The van der Waals surface area contributed by atoms with Gasteiger partial charge in [-0.05, 0) is 59.9 Å². The van der Waals surface area contributed by atoms with Gasteiger partial charge < -0.3 is 9.52 Å². The van der Waals surface area contributed by atoms with Gasteiger partial charge in [-0.25, -0.2) is 4.39 Å². The summed E-state index contributed by atoms with van der Waals surface area (Å²) in [6, 6.07) is 13.3. The van der Waals surface area contributed by atoms with Gasteiger partial charge in [0, 0.05) is 11.3 Å². The summed E-state index contributed by atoms with van der Waals surface area (Å²) in [6.07, 6.45) is 1.42. The van der Waals surface area contributed by atoms with E-state index in [2.05, 4.69) is 0 Å². The van der Waals surface area contributed by atoms with Crippen LogP contribution in [0.5, 0.6) is 0 Å².